The summed E-state index contributed by atoms with van der Waals surface area (Å²) in [5.74, 6) is 0. The maximum Gasteiger partial charge on any atom is 0.410 e. The van der Waals surface area contributed by atoms with Gasteiger partial charge in [0.05, 0.1) is 5.69 Å². The second-order valence-electron chi connectivity index (χ2n) is 7.69. The SMILES string of the molecule is C[C@@H](c1ccccn1)N(C)C[C@@H]1CCCCN1C(=O)OC(C)(C)C. The van der Waals surface area contributed by atoms with Crippen molar-refractivity contribution < 1.29 is 9.53 Å². The fourth-order valence-electron chi connectivity index (χ4n) is 3.09. The lowest BCUT2D eigenvalue weighted by Crippen LogP contribution is -2.50. The zero-order valence-corrected chi connectivity index (χ0v) is 15.7. The zero-order valence-electron chi connectivity index (χ0n) is 15.7. The Hall–Kier alpha value is -1.62. The molecule has 134 valence electrons. The second-order valence-corrected chi connectivity index (χ2v) is 7.69. The fraction of sp³-hybridized carbons (Fsp3) is 0.684. The Labute approximate surface area is 146 Å². The Kier molecular flexibility index (Phi) is 6.21. The summed E-state index contributed by atoms with van der Waals surface area (Å²) in [7, 11) is 2.10. The number of hydrogen-bond acceptors (Lipinski definition) is 4. The van der Waals surface area contributed by atoms with Crippen molar-refractivity contribution >= 4 is 6.09 Å². The van der Waals surface area contributed by atoms with E-state index in [-0.39, 0.29) is 18.2 Å². The number of hydrogen-bond donors (Lipinski definition) is 0. The molecule has 2 atom stereocenters. The first-order valence-corrected chi connectivity index (χ1v) is 8.89. The molecule has 0 radical (unpaired) electrons. The Balaban J connectivity index is 2.01. The average Bonchev–Trinajstić information content (AvgIpc) is 2.53. The van der Waals surface area contributed by atoms with Crippen LogP contribution in [-0.4, -0.2) is 52.7 Å². The first kappa shape index (κ1) is 18.7. The quantitative estimate of drug-likeness (QED) is 0.839. The van der Waals surface area contributed by atoms with Gasteiger partial charge in [-0.3, -0.25) is 9.88 Å². The molecule has 0 saturated carbocycles. The van der Waals surface area contributed by atoms with Crippen molar-refractivity contribution in [2.75, 3.05) is 20.1 Å². The van der Waals surface area contributed by atoms with E-state index in [1.54, 1.807) is 0 Å². The molecule has 0 spiro atoms. The van der Waals surface area contributed by atoms with E-state index >= 15 is 0 Å². The largest absolute Gasteiger partial charge is 0.444 e. The summed E-state index contributed by atoms with van der Waals surface area (Å²) in [4.78, 5) is 21.2. The molecule has 1 saturated heterocycles. The summed E-state index contributed by atoms with van der Waals surface area (Å²) in [5.41, 5.74) is 0.603. The predicted octanol–water partition coefficient (Wildman–Crippen LogP) is 3.86. The van der Waals surface area contributed by atoms with Crippen LogP contribution in [0, 0.1) is 0 Å². The van der Waals surface area contributed by atoms with Crippen LogP contribution in [0.15, 0.2) is 24.4 Å². The van der Waals surface area contributed by atoms with Crippen LogP contribution in [0.25, 0.3) is 0 Å². The zero-order chi connectivity index (χ0) is 17.7. The van der Waals surface area contributed by atoms with Crippen molar-refractivity contribution in [2.45, 2.75) is 64.6 Å². The molecule has 0 bridgehead atoms. The van der Waals surface area contributed by atoms with Gasteiger partial charge in [-0.05, 0) is 66.1 Å². The number of rotatable bonds is 4. The number of carbonyl (C=O) groups excluding carboxylic acids is 1. The van der Waals surface area contributed by atoms with E-state index in [1.165, 1.54) is 0 Å². The standard InChI is InChI=1S/C19H31N3O2/c1-15(17-11-6-8-12-20-17)21(5)14-16-10-7-9-13-22(16)18(23)24-19(2,3)4/h6,8,11-12,15-16H,7,9-10,13-14H2,1-5H3/t15-,16-/m0/s1. The van der Waals surface area contributed by atoms with E-state index < -0.39 is 5.60 Å². The van der Waals surface area contributed by atoms with Crippen molar-refractivity contribution in [3.05, 3.63) is 30.1 Å². The Morgan fingerprint density at radius 1 is 1.42 bits per heavy atom. The highest BCUT2D eigenvalue weighted by atomic mass is 16.6. The maximum absolute atomic E-state index is 12.5. The van der Waals surface area contributed by atoms with Crippen molar-refractivity contribution in [2.24, 2.45) is 0 Å². The summed E-state index contributed by atoms with van der Waals surface area (Å²) < 4.78 is 5.59. The summed E-state index contributed by atoms with van der Waals surface area (Å²) in [6, 6.07) is 6.41. The lowest BCUT2D eigenvalue weighted by atomic mass is 10.0. The van der Waals surface area contributed by atoms with Crippen LogP contribution in [0.2, 0.25) is 0 Å². The van der Waals surface area contributed by atoms with Gasteiger partial charge >= 0.3 is 6.09 Å². The Bertz CT molecular complexity index is 527. The van der Waals surface area contributed by atoms with Crippen LogP contribution in [0.1, 0.15) is 58.7 Å². The van der Waals surface area contributed by atoms with Crippen molar-refractivity contribution in [3.8, 4) is 0 Å². The third kappa shape index (κ3) is 5.20. The van der Waals surface area contributed by atoms with Crippen LogP contribution in [0.5, 0.6) is 0 Å². The summed E-state index contributed by atoms with van der Waals surface area (Å²) in [5, 5.41) is 0. The maximum atomic E-state index is 12.5. The molecule has 1 amide bonds. The molecule has 5 nitrogen and oxygen atoms in total. The van der Waals surface area contributed by atoms with Crippen molar-refractivity contribution in [1.82, 2.24) is 14.8 Å². The first-order chi connectivity index (χ1) is 11.3. The van der Waals surface area contributed by atoms with E-state index in [9.17, 15) is 4.79 Å². The number of ether oxygens (including phenoxy) is 1. The number of nitrogens with zero attached hydrogens (tertiary/aromatic N) is 3. The monoisotopic (exact) mass is 333 g/mol. The van der Waals surface area contributed by atoms with Gasteiger partial charge in [0.1, 0.15) is 5.60 Å². The number of amides is 1. The van der Waals surface area contributed by atoms with Crippen molar-refractivity contribution in [1.29, 1.82) is 0 Å². The van der Waals surface area contributed by atoms with Gasteiger partial charge in [-0.2, -0.15) is 0 Å². The fourth-order valence-corrected chi connectivity index (χ4v) is 3.09. The molecule has 0 unspecified atom stereocenters. The highest BCUT2D eigenvalue weighted by molar-refractivity contribution is 5.68. The molecule has 0 N–H and O–H groups in total. The van der Waals surface area contributed by atoms with Gasteiger partial charge in [-0.25, -0.2) is 4.79 Å². The highest BCUT2D eigenvalue weighted by Gasteiger charge is 2.31. The molecule has 1 aliphatic rings. The van der Waals surface area contributed by atoms with Gasteiger partial charge in [0.15, 0.2) is 0 Å². The number of pyridine rings is 1. The molecule has 1 aromatic heterocycles. The third-order valence-electron chi connectivity index (χ3n) is 4.53. The topological polar surface area (TPSA) is 45.7 Å². The predicted molar refractivity (Wildman–Crippen MR) is 95.9 cm³/mol. The number of piperidine rings is 1. The van der Waals surface area contributed by atoms with Crippen LogP contribution < -0.4 is 0 Å². The molecule has 5 heteroatoms. The minimum Gasteiger partial charge on any atom is -0.444 e. The van der Waals surface area contributed by atoms with E-state index in [0.29, 0.717) is 0 Å². The van der Waals surface area contributed by atoms with Gasteiger partial charge in [0.25, 0.3) is 0 Å². The highest BCUT2D eigenvalue weighted by Crippen LogP contribution is 2.24. The number of aromatic nitrogens is 1. The second kappa shape index (κ2) is 7.97. The molecular formula is C19H31N3O2. The third-order valence-corrected chi connectivity index (χ3v) is 4.53. The summed E-state index contributed by atoms with van der Waals surface area (Å²) in [6.45, 7) is 9.52. The molecule has 1 fully saturated rings. The van der Waals surface area contributed by atoms with E-state index in [0.717, 1.165) is 38.0 Å². The molecule has 1 aliphatic heterocycles. The molecule has 24 heavy (non-hydrogen) atoms. The Morgan fingerprint density at radius 2 is 2.17 bits per heavy atom. The number of likely N-dealkylation sites (N-methyl/N-ethyl adjacent to an activating group) is 1. The lowest BCUT2D eigenvalue weighted by molar-refractivity contribution is 0.00458. The van der Waals surface area contributed by atoms with Crippen LogP contribution in [-0.2, 0) is 4.74 Å². The van der Waals surface area contributed by atoms with Crippen LogP contribution >= 0.6 is 0 Å². The van der Waals surface area contributed by atoms with Gasteiger partial charge in [0.2, 0.25) is 0 Å². The van der Waals surface area contributed by atoms with Crippen LogP contribution in [0.4, 0.5) is 4.79 Å². The van der Waals surface area contributed by atoms with E-state index in [2.05, 4.69) is 23.9 Å². The molecule has 2 rings (SSSR count). The van der Waals surface area contributed by atoms with Crippen LogP contribution in [0.3, 0.4) is 0 Å². The summed E-state index contributed by atoms with van der Waals surface area (Å²) >= 11 is 0. The minimum absolute atomic E-state index is 0.189. The molecule has 0 aromatic carbocycles. The number of carbonyl (C=O) groups is 1. The van der Waals surface area contributed by atoms with Gasteiger partial charge in [-0.15, -0.1) is 0 Å². The average molecular weight is 333 g/mol. The summed E-state index contributed by atoms with van der Waals surface area (Å²) in [6.07, 6.45) is 4.88. The molecule has 1 aromatic rings. The molecule has 2 heterocycles. The van der Waals surface area contributed by atoms with E-state index in [1.807, 2.05) is 50.1 Å². The van der Waals surface area contributed by atoms with Gasteiger partial charge < -0.3 is 9.64 Å². The lowest BCUT2D eigenvalue weighted by Gasteiger charge is -2.39. The molecular weight excluding hydrogens is 302 g/mol. The van der Waals surface area contributed by atoms with Gasteiger partial charge in [0, 0.05) is 31.4 Å². The van der Waals surface area contributed by atoms with Gasteiger partial charge in [-0.1, -0.05) is 6.07 Å². The smallest absolute Gasteiger partial charge is 0.410 e. The van der Waals surface area contributed by atoms with E-state index in [4.69, 9.17) is 4.74 Å². The normalized spacial score (nSPS) is 20.1. The number of likely N-dealkylation sites (tertiary alicyclic amines) is 1. The first-order valence-electron chi connectivity index (χ1n) is 8.89. The Morgan fingerprint density at radius 3 is 2.79 bits per heavy atom. The molecule has 0 aliphatic carbocycles. The minimum atomic E-state index is -0.452. The van der Waals surface area contributed by atoms with Crippen molar-refractivity contribution in [3.63, 3.8) is 0 Å².